The van der Waals surface area contributed by atoms with Gasteiger partial charge < -0.3 is 10.3 Å². The Balaban J connectivity index is 2.63. The SMILES string of the molecule is Cn1cnc(-c2cc(Cl)ccc2Br)c1N. The Morgan fingerprint density at radius 2 is 2.20 bits per heavy atom. The van der Waals surface area contributed by atoms with Crippen LogP contribution in [0.4, 0.5) is 5.82 Å². The third-order valence-electron chi connectivity index (χ3n) is 2.17. The summed E-state index contributed by atoms with van der Waals surface area (Å²) in [5.74, 6) is 0.623. The number of aryl methyl sites for hydroxylation is 1. The van der Waals surface area contributed by atoms with Crippen molar-refractivity contribution in [3.8, 4) is 11.3 Å². The van der Waals surface area contributed by atoms with Gasteiger partial charge >= 0.3 is 0 Å². The summed E-state index contributed by atoms with van der Waals surface area (Å²) in [7, 11) is 1.85. The Kier molecular flexibility index (Phi) is 2.71. The molecule has 1 heterocycles. The number of imidazole rings is 1. The number of nitrogens with two attached hydrogens (primary N) is 1. The van der Waals surface area contributed by atoms with E-state index in [4.69, 9.17) is 17.3 Å². The second-order valence-electron chi connectivity index (χ2n) is 3.21. The van der Waals surface area contributed by atoms with Gasteiger partial charge in [-0.1, -0.05) is 27.5 Å². The van der Waals surface area contributed by atoms with E-state index in [9.17, 15) is 0 Å². The Morgan fingerprint density at radius 3 is 2.80 bits per heavy atom. The molecule has 0 radical (unpaired) electrons. The molecule has 15 heavy (non-hydrogen) atoms. The summed E-state index contributed by atoms with van der Waals surface area (Å²) in [5.41, 5.74) is 7.54. The van der Waals surface area contributed by atoms with Gasteiger partial charge in [-0.3, -0.25) is 0 Å². The van der Waals surface area contributed by atoms with E-state index in [0.717, 1.165) is 15.7 Å². The Bertz CT molecular complexity index is 507. The fourth-order valence-corrected chi connectivity index (χ4v) is 1.93. The minimum absolute atomic E-state index is 0.623. The first kappa shape index (κ1) is 10.5. The Hall–Kier alpha value is -1.00. The van der Waals surface area contributed by atoms with Gasteiger partial charge in [0.2, 0.25) is 0 Å². The van der Waals surface area contributed by atoms with Crippen LogP contribution in [0, 0.1) is 0 Å². The summed E-state index contributed by atoms with van der Waals surface area (Å²) in [6.45, 7) is 0. The molecule has 0 bridgehead atoms. The zero-order chi connectivity index (χ0) is 11.0. The van der Waals surface area contributed by atoms with Crippen LogP contribution in [0.2, 0.25) is 5.02 Å². The third-order valence-corrected chi connectivity index (χ3v) is 3.09. The number of anilines is 1. The van der Waals surface area contributed by atoms with Crippen molar-refractivity contribution in [2.24, 2.45) is 7.05 Å². The molecule has 0 saturated carbocycles. The third kappa shape index (κ3) is 1.87. The van der Waals surface area contributed by atoms with Crippen LogP contribution >= 0.6 is 27.5 Å². The molecule has 0 aliphatic heterocycles. The van der Waals surface area contributed by atoms with Crippen molar-refractivity contribution in [2.75, 3.05) is 5.73 Å². The summed E-state index contributed by atoms with van der Waals surface area (Å²) in [4.78, 5) is 4.24. The molecular weight excluding hydrogens is 277 g/mol. The monoisotopic (exact) mass is 285 g/mol. The molecule has 0 aliphatic carbocycles. The molecule has 0 spiro atoms. The van der Waals surface area contributed by atoms with Gasteiger partial charge in [0.1, 0.15) is 11.5 Å². The van der Waals surface area contributed by atoms with Gasteiger partial charge in [0, 0.05) is 22.1 Å². The number of hydrogen-bond donors (Lipinski definition) is 1. The second-order valence-corrected chi connectivity index (χ2v) is 4.50. The lowest BCUT2D eigenvalue weighted by Crippen LogP contribution is -1.96. The fraction of sp³-hybridized carbons (Fsp3) is 0.100. The highest BCUT2D eigenvalue weighted by Gasteiger charge is 2.11. The number of halogens is 2. The Labute approximate surface area is 101 Å². The van der Waals surface area contributed by atoms with Crippen molar-refractivity contribution in [1.82, 2.24) is 9.55 Å². The number of nitrogen functional groups attached to an aromatic ring is 1. The molecule has 0 atom stereocenters. The van der Waals surface area contributed by atoms with E-state index in [1.807, 2.05) is 25.2 Å². The summed E-state index contributed by atoms with van der Waals surface area (Å²) < 4.78 is 2.69. The molecule has 0 aliphatic rings. The van der Waals surface area contributed by atoms with Crippen molar-refractivity contribution in [3.05, 3.63) is 34.0 Å². The maximum absolute atomic E-state index is 5.93. The molecule has 5 heteroatoms. The largest absolute Gasteiger partial charge is 0.383 e. The van der Waals surface area contributed by atoms with E-state index in [1.165, 1.54) is 0 Å². The van der Waals surface area contributed by atoms with Crippen LogP contribution in [0.25, 0.3) is 11.3 Å². The first-order chi connectivity index (χ1) is 7.09. The van der Waals surface area contributed by atoms with Gasteiger partial charge in [0.15, 0.2) is 0 Å². The van der Waals surface area contributed by atoms with Gasteiger partial charge in [0.25, 0.3) is 0 Å². The summed E-state index contributed by atoms with van der Waals surface area (Å²) in [6, 6.07) is 5.53. The first-order valence-electron chi connectivity index (χ1n) is 4.32. The standard InChI is InChI=1S/C10H9BrClN3/c1-15-5-14-9(10(15)13)7-4-6(12)2-3-8(7)11/h2-5H,13H2,1H3. The molecule has 1 aromatic carbocycles. The molecule has 0 amide bonds. The van der Waals surface area contributed by atoms with Crippen molar-refractivity contribution < 1.29 is 0 Å². The smallest absolute Gasteiger partial charge is 0.131 e. The zero-order valence-corrected chi connectivity index (χ0v) is 10.4. The summed E-state index contributed by atoms with van der Waals surface area (Å²) in [5, 5.41) is 0.665. The Morgan fingerprint density at radius 1 is 1.47 bits per heavy atom. The molecule has 1 aromatic heterocycles. The van der Waals surface area contributed by atoms with Crippen LogP contribution < -0.4 is 5.73 Å². The molecule has 0 saturated heterocycles. The van der Waals surface area contributed by atoms with Crippen molar-refractivity contribution in [3.63, 3.8) is 0 Å². The average molecular weight is 287 g/mol. The molecule has 2 rings (SSSR count). The molecule has 3 nitrogen and oxygen atoms in total. The topological polar surface area (TPSA) is 43.8 Å². The molecule has 2 aromatic rings. The number of aromatic nitrogens is 2. The number of hydrogen-bond acceptors (Lipinski definition) is 2. The maximum atomic E-state index is 5.93. The van der Waals surface area contributed by atoms with Gasteiger partial charge in [0.05, 0.1) is 6.33 Å². The van der Waals surface area contributed by atoms with Gasteiger partial charge in [-0.15, -0.1) is 0 Å². The fourth-order valence-electron chi connectivity index (χ4n) is 1.33. The molecule has 0 unspecified atom stereocenters. The van der Waals surface area contributed by atoms with Crippen molar-refractivity contribution >= 4 is 33.3 Å². The van der Waals surface area contributed by atoms with Crippen LogP contribution in [-0.2, 0) is 7.05 Å². The quantitative estimate of drug-likeness (QED) is 0.875. The van der Waals surface area contributed by atoms with Crippen LogP contribution in [0.3, 0.4) is 0 Å². The van der Waals surface area contributed by atoms with E-state index >= 15 is 0 Å². The molecule has 0 fully saturated rings. The lowest BCUT2D eigenvalue weighted by molar-refractivity contribution is 0.925. The zero-order valence-electron chi connectivity index (χ0n) is 8.04. The van der Waals surface area contributed by atoms with Crippen molar-refractivity contribution in [2.45, 2.75) is 0 Å². The lowest BCUT2D eigenvalue weighted by Gasteiger charge is -2.03. The van der Waals surface area contributed by atoms with E-state index in [1.54, 1.807) is 10.9 Å². The predicted octanol–water partition coefficient (Wildman–Crippen LogP) is 3.09. The van der Waals surface area contributed by atoms with Gasteiger partial charge in [-0.25, -0.2) is 4.98 Å². The van der Waals surface area contributed by atoms with Crippen molar-refractivity contribution in [1.29, 1.82) is 0 Å². The van der Waals surface area contributed by atoms with E-state index in [0.29, 0.717) is 10.8 Å². The van der Waals surface area contributed by atoms with Crippen LogP contribution in [0.15, 0.2) is 29.0 Å². The first-order valence-corrected chi connectivity index (χ1v) is 5.49. The van der Waals surface area contributed by atoms with Crippen LogP contribution in [0.5, 0.6) is 0 Å². The van der Waals surface area contributed by atoms with Gasteiger partial charge in [-0.2, -0.15) is 0 Å². The maximum Gasteiger partial charge on any atom is 0.131 e. The number of benzene rings is 1. The molecular formula is C10H9BrClN3. The molecule has 78 valence electrons. The highest BCUT2D eigenvalue weighted by molar-refractivity contribution is 9.10. The number of rotatable bonds is 1. The number of nitrogens with zero attached hydrogens (tertiary/aromatic N) is 2. The minimum atomic E-state index is 0.623. The summed E-state index contributed by atoms with van der Waals surface area (Å²) in [6.07, 6.45) is 1.68. The van der Waals surface area contributed by atoms with E-state index < -0.39 is 0 Å². The second kappa shape index (κ2) is 3.87. The van der Waals surface area contributed by atoms with Crippen LogP contribution in [0.1, 0.15) is 0 Å². The van der Waals surface area contributed by atoms with Crippen LogP contribution in [-0.4, -0.2) is 9.55 Å². The minimum Gasteiger partial charge on any atom is -0.383 e. The van der Waals surface area contributed by atoms with E-state index in [-0.39, 0.29) is 0 Å². The summed E-state index contributed by atoms with van der Waals surface area (Å²) >= 11 is 9.38. The normalized spacial score (nSPS) is 10.6. The predicted molar refractivity (Wildman–Crippen MR) is 65.8 cm³/mol. The average Bonchev–Trinajstić information content (AvgIpc) is 2.52. The van der Waals surface area contributed by atoms with Gasteiger partial charge in [-0.05, 0) is 18.2 Å². The van der Waals surface area contributed by atoms with E-state index in [2.05, 4.69) is 20.9 Å². The lowest BCUT2D eigenvalue weighted by atomic mass is 10.1. The molecule has 2 N–H and O–H groups in total. The highest BCUT2D eigenvalue weighted by Crippen LogP contribution is 2.32. The highest BCUT2D eigenvalue weighted by atomic mass is 79.9.